The summed E-state index contributed by atoms with van der Waals surface area (Å²) < 4.78 is 1.03. The Morgan fingerprint density at radius 3 is 2.73 bits per heavy atom. The average Bonchev–Trinajstić information content (AvgIpc) is 2.60. The largest absolute Gasteiger partial charge is 0.325 e. The van der Waals surface area contributed by atoms with Crippen LogP contribution in [0.4, 0.5) is 0 Å². The van der Waals surface area contributed by atoms with Gasteiger partial charge in [0.25, 0.3) is 0 Å². The van der Waals surface area contributed by atoms with Crippen molar-refractivity contribution in [3.05, 3.63) is 39.3 Å². The fraction of sp³-hybridized carbons (Fsp3) is 0.182. The molecule has 2 aromatic rings. The van der Waals surface area contributed by atoms with Gasteiger partial charge in [-0.2, -0.15) is 0 Å². The molecule has 15 heavy (non-hydrogen) atoms. The van der Waals surface area contributed by atoms with Gasteiger partial charge < -0.3 is 5.73 Å². The Morgan fingerprint density at radius 2 is 2.13 bits per heavy atom. The number of aromatic nitrogens is 1. The Kier molecular flexibility index (Phi) is 3.19. The number of nitrogens with two attached hydrogens (primary N) is 1. The summed E-state index contributed by atoms with van der Waals surface area (Å²) in [4.78, 5) is 4.51. The number of nitrogens with zero attached hydrogens (tertiary/aromatic N) is 1. The molecular formula is C11H11BrN2S. The second kappa shape index (κ2) is 4.43. The van der Waals surface area contributed by atoms with E-state index in [-0.39, 0.29) is 0 Å². The lowest BCUT2D eigenvalue weighted by Gasteiger charge is -1.99. The lowest BCUT2D eigenvalue weighted by atomic mass is 10.1. The van der Waals surface area contributed by atoms with Crippen LogP contribution in [0.1, 0.15) is 11.3 Å². The fourth-order valence-corrected chi connectivity index (χ4v) is 3.01. The quantitative estimate of drug-likeness (QED) is 0.918. The summed E-state index contributed by atoms with van der Waals surface area (Å²) >= 11 is 5.11. The average molecular weight is 283 g/mol. The molecule has 0 aliphatic rings. The van der Waals surface area contributed by atoms with Crippen molar-refractivity contribution in [1.82, 2.24) is 4.98 Å². The van der Waals surface area contributed by atoms with E-state index in [2.05, 4.69) is 40.0 Å². The smallest absolute Gasteiger partial charge is 0.125 e. The minimum absolute atomic E-state index is 0.475. The van der Waals surface area contributed by atoms with Gasteiger partial charge in [-0.25, -0.2) is 4.98 Å². The lowest BCUT2D eigenvalue weighted by molar-refractivity contribution is 1.01. The number of benzene rings is 1. The van der Waals surface area contributed by atoms with E-state index in [0.717, 1.165) is 14.5 Å². The summed E-state index contributed by atoms with van der Waals surface area (Å²) in [6.45, 7) is 2.57. The first-order valence-corrected chi connectivity index (χ1v) is 6.24. The van der Waals surface area contributed by atoms with Crippen LogP contribution in [0, 0.1) is 6.92 Å². The van der Waals surface area contributed by atoms with Gasteiger partial charge in [-0.3, -0.25) is 0 Å². The van der Waals surface area contributed by atoms with Crippen LogP contribution in [0.5, 0.6) is 0 Å². The van der Waals surface area contributed by atoms with Gasteiger partial charge in [0.05, 0.1) is 9.48 Å². The highest BCUT2D eigenvalue weighted by Gasteiger charge is 2.10. The lowest BCUT2D eigenvalue weighted by Crippen LogP contribution is -1.96. The Morgan fingerprint density at radius 1 is 1.40 bits per heavy atom. The standard InChI is InChI=1S/C11H11BrN2S/c1-7-4-2-3-5-8(7)11-14-9(6-13)10(12)15-11/h2-5H,6,13H2,1H3. The second-order valence-corrected chi connectivity index (χ2v) is 5.58. The predicted molar refractivity (Wildman–Crippen MR) is 67.9 cm³/mol. The maximum absolute atomic E-state index is 5.59. The van der Waals surface area contributed by atoms with Crippen LogP contribution in [0.3, 0.4) is 0 Å². The number of rotatable bonds is 2. The molecule has 0 spiro atoms. The highest BCUT2D eigenvalue weighted by atomic mass is 79.9. The maximum Gasteiger partial charge on any atom is 0.125 e. The Bertz CT molecular complexity index is 479. The zero-order chi connectivity index (χ0) is 10.8. The third-order valence-corrected chi connectivity index (χ3v) is 4.08. The van der Waals surface area contributed by atoms with E-state index in [1.165, 1.54) is 11.1 Å². The van der Waals surface area contributed by atoms with Crippen molar-refractivity contribution in [3.63, 3.8) is 0 Å². The van der Waals surface area contributed by atoms with E-state index in [1.807, 2.05) is 12.1 Å². The molecule has 1 aromatic heterocycles. The first-order valence-electron chi connectivity index (χ1n) is 4.63. The molecule has 1 aromatic carbocycles. The van der Waals surface area contributed by atoms with Crippen LogP contribution in [0.15, 0.2) is 28.1 Å². The van der Waals surface area contributed by atoms with E-state index >= 15 is 0 Å². The summed E-state index contributed by atoms with van der Waals surface area (Å²) in [5.74, 6) is 0. The van der Waals surface area contributed by atoms with Crippen molar-refractivity contribution in [2.75, 3.05) is 0 Å². The zero-order valence-electron chi connectivity index (χ0n) is 8.33. The normalized spacial score (nSPS) is 10.6. The minimum atomic E-state index is 0.475. The van der Waals surface area contributed by atoms with Crippen molar-refractivity contribution < 1.29 is 0 Å². The van der Waals surface area contributed by atoms with E-state index in [0.29, 0.717) is 6.54 Å². The molecule has 0 radical (unpaired) electrons. The highest BCUT2D eigenvalue weighted by Crippen LogP contribution is 2.33. The van der Waals surface area contributed by atoms with Gasteiger partial charge in [0.2, 0.25) is 0 Å². The van der Waals surface area contributed by atoms with Gasteiger partial charge in [0.15, 0.2) is 0 Å². The summed E-state index contributed by atoms with van der Waals surface area (Å²) in [5, 5.41) is 1.03. The molecule has 0 saturated heterocycles. The van der Waals surface area contributed by atoms with E-state index in [9.17, 15) is 0 Å². The van der Waals surface area contributed by atoms with Crippen molar-refractivity contribution in [2.24, 2.45) is 5.73 Å². The molecule has 0 fully saturated rings. The molecule has 0 bridgehead atoms. The Labute approximate surface area is 101 Å². The summed E-state index contributed by atoms with van der Waals surface area (Å²) in [7, 11) is 0. The molecule has 0 saturated carbocycles. The number of thiazole rings is 1. The zero-order valence-corrected chi connectivity index (χ0v) is 10.7. The molecule has 4 heteroatoms. The number of hydrogen-bond donors (Lipinski definition) is 1. The highest BCUT2D eigenvalue weighted by molar-refractivity contribution is 9.11. The number of hydrogen-bond acceptors (Lipinski definition) is 3. The third kappa shape index (κ3) is 2.12. The topological polar surface area (TPSA) is 38.9 Å². The predicted octanol–water partition coefficient (Wildman–Crippen LogP) is 3.34. The van der Waals surface area contributed by atoms with Crippen molar-refractivity contribution in [2.45, 2.75) is 13.5 Å². The van der Waals surface area contributed by atoms with E-state index in [1.54, 1.807) is 11.3 Å². The van der Waals surface area contributed by atoms with Crippen molar-refractivity contribution in [1.29, 1.82) is 0 Å². The molecule has 0 unspecified atom stereocenters. The molecule has 0 aliphatic heterocycles. The molecule has 0 amide bonds. The van der Waals surface area contributed by atoms with Gasteiger partial charge in [-0.1, -0.05) is 24.3 Å². The van der Waals surface area contributed by atoms with Crippen LogP contribution in [0.2, 0.25) is 0 Å². The minimum Gasteiger partial charge on any atom is -0.325 e. The first-order chi connectivity index (χ1) is 7.22. The molecule has 2 rings (SSSR count). The van der Waals surface area contributed by atoms with Gasteiger partial charge >= 0.3 is 0 Å². The summed E-state index contributed by atoms with van der Waals surface area (Å²) in [6.07, 6.45) is 0. The van der Waals surface area contributed by atoms with E-state index in [4.69, 9.17) is 5.73 Å². The SMILES string of the molecule is Cc1ccccc1-c1nc(CN)c(Br)s1. The van der Waals surface area contributed by atoms with Crippen molar-refractivity contribution in [3.8, 4) is 10.6 Å². The van der Waals surface area contributed by atoms with Gasteiger partial charge in [-0.15, -0.1) is 11.3 Å². The molecule has 2 N–H and O–H groups in total. The molecule has 2 nitrogen and oxygen atoms in total. The molecular weight excluding hydrogens is 272 g/mol. The van der Waals surface area contributed by atoms with Gasteiger partial charge in [-0.05, 0) is 28.4 Å². The monoisotopic (exact) mass is 282 g/mol. The van der Waals surface area contributed by atoms with Crippen LogP contribution in [-0.2, 0) is 6.54 Å². The molecule has 0 aliphatic carbocycles. The second-order valence-electron chi connectivity index (χ2n) is 3.26. The molecule has 1 heterocycles. The van der Waals surface area contributed by atoms with Crippen LogP contribution in [0.25, 0.3) is 10.6 Å². The third-order valence-electron chi connectivity index (χ3n) is 2.22. The Balaban J connectivity index is 2.50. The van der Waals surface area contributed by atoms with Gasteiger partial charge in [0, 0.05) is 12.1 Å². The maximum atomic E-state index is 5.59. The Hall–Kier alpha value is -0.710. The van der Waals surface area contributed by atoms with E-state index < -0.39 is 0 Å². The van der Waals surface area contributed by atoms with Crippen molar-refractivity contribution >= 4 is 27.3 Å². The molecule has 0 atom stereocenters. The number of halogens is 1. The first kappa shape index (κ1) is 10.8. The molecule has 78 valence electrons. The van der Waals surface area contributed by atoms with Crippen LogP contribution < -0.4 is 5.73 Å². The van der Waals surface area contributed by atoms with Gasteiger partial charge in [0.1, 0.15) is 5.01 Å². The number of aryl methyl sites for hydroxylation is 1. The van der Waals surface area contributed by atoms with Crippen LogP contribution >= 0.6 is 27.3 Å². The van der Waals surface area contributed by atoms with Crippen LogP contribution in [-0.4, -0.2) is 4.98 Å². The summed E-state index contributed by atoms with van der Waals surface area (Å²) in [5.41, 5.74) is 8.94. The fourth-order valence-electron chi connectivity index (χ4n) is 1.39. The summed E-state index contributed by atoms with van der Waals surface area (Å²) in [6, 6.07) is 8.23.